The van der Waals surface area contributed by atoms with Gasteiger partial charge in [0.1, 0.15) is 5.82 Å². The lowest BCUT2D eigenvalue weighted by atomic mass is 10.1. The fourth-order valence-corrected chi connectivity index (χ4v) is 2.21. The number of nitrogens with one attached hydrogen (secondary N) is 1. The van der Waals surface area contributed by atoms with E-state index in [1.807, 2.05) is 50.2 Å². The molecule has 3 rings (SSSR count). The minimum atomic E-state index is 0.221. The van der Waals surface area contributed by atoms with E-state index >= 15 is 0 Å². The van der Waals surface area contributed by atoms with E-state index in [9.17, 15) is 0 Å². The van der Waals surface area contributed by atoms with Gasteiger partial charge in [0.05, 0.1) is 23.7 Å². The van der Waals surface area contributed by atoms with Gasteiger partial charge in [-0.05, 0) is 31.5 Å². The zero-order chi connectivity index (χ0) is 13.9. The molecule has 0 saturated carbocycles. The van der Waals surface area contributed by atoms with Crippen molar-refractivity contribution in [2.45, 2.75) is 26.6 Å². The van der Waals surface area contributed by atoms with Gasteiger partial charge in [0.15, 0.2) is 0 Å². The highest BCUT2D eigenvalue weighted by atomic mass is 16.5. The molecule has 102 valence electrons. The summed E-state index contributed by atoms with van der Waals surface area (Å²) in [6.45, 7) is 4.69. The monoisotopic (exact) mass is 266 g/mol. The van der Waals surface area contributed by atoms with E-state index in [1.165, 1.54) is 0 Å². The topological polar surface area (TPSA) is 37.9 Å². The molecule has 1 aromatic heterocycles. The van der Waals surface area contributed by atoms with E-state index in [-0.39, 0.29) is 6.10 Å². The van der Waals surface area contributed by atoms with Crippen LogP contribution in [0.5, 0.6) is 0 Å². The molecule has 3 aromatic rings. The normalized spacial score (nSPS) is 11.3. The molecule has 0 unspecified atom stereocenters. The molecule has 0 aliphatic rings. The largest absolute Gasteiger partial charge is 0.374 e. The van der Waals surface area contributed by atoms with E-state index in [1.54, 1.807) is 0 Å². The first-order valence-electron chi connectivity index (χ1n) is 6.88. The van der Waals surface area contributed by atoms with Crippen molar-refractivity contribution >= 4 is 11.0 Å². The summed E-state index contributed by atoms with van der Waals surface area (Å²) >= 11 is 0. The Morgan fingerprint density at radius 1 is 1.05 bits per heavy atom. The molecule has 20 heavy (non-hydrogen) atoms. The molecular formula is C17H18N2O. The predicted molar refractivity (Wildman–Crippen MR) is 81.5 cm³/mol. The van der Waals surface area contributed by atoms with Crippen LogP contribution in [0.4, 0.5) is 0 Å². The maximum Gasteiger partial charge on any atom is 0.138 e. The van der Waals surface area contributed by atoms with Crippen LogP contribution in [-0.4, -0.2) is 16.1 Å². The zero-order valence-electron chi connectivity index (χ0n) is 11.8. The number of hydrogen-bond donors (Lipinski definition) is 1. The number of fused-ring (bicyclic) bond motifs is 1. The lowest BCUT2D eigenvalue weighted by Gasteiger charge is -2.10. The van der Waals surface area contributed by atoms with Crippen LogP contribution in [-0.2, 0) is 11.3 Å². The molecule has 0 saturated heterocycles. The Labute approximate surface area is 118 Å². The molecule has 0 amide bonds. The third-order valence-corrected chi connectivity index (χ3v) is 3.23. The summed E-state index contributed by atoms with van der Waals surface area (Å²) in [5, 5.41) is 0. The smallest absolute Gasteiger partial charge is 0.138 e. The Morgan fingerprint density at radius 2 is 1.80 bits per heavy atom. The first kappa shape index (κ1) is 12.9. The second kappa shape index (κ2) is 5.47. The predicted octanol–water partition coefficient (Wildman–Crippen LogP) is 4.15. The fourth-order valence-electron chi connectivity index (χ4n) is 2.21. The number of nitrogens with zero attached hydrogens (tertiary/aromatic N) is 1. The third-order valence-electron chi connectivity index (χ3n) is 3.23. The Kier molecular flexibility index (Phi) is 3.52. The molecule has 1 N–H and O–H groups in total. The van der Waals surface area contributed by atoms with Crippen LogP contribution in [0.25, 0.3) is 22.4 Å². The van der Waals surface area contributed by atoms with Gasteiger partial charge in [-0.15, -0.1) is 0 Å². The van der Waals surface area contributed by atoms with Gasteiger partial charge in [0, 0.05) is 5.56 Å². The van der Waals surface area contributed by atoms with Crippen molar-refractivity contribution in [2.75, 3.05) is 0 Å². The number of aromatic amines is 1. The zero-order valence-corrected chi connectivity index (χ0v) is 11.8. The number of H-pyrrole nitrogens is 1. The van der Waals surface area contributed by atoms with Crippen LogP contribution in [0.2, 0.25) is 0 Å². The summed E-state index contributed by atoms with van der Waals surface area (Å²) in [7, 11) is 0. The van der Waals surface area contributed by atoms with Crippen molar-refractivity contribution in [3.63, 3.8) is 0 Å². The third kappa shape index (κ3) is 2.58. The van der Waals surface area contributed by atoms with Crippen LogP contribution in [0.15, 0.2) is 48.5 Å². The summed E-state index contributed by atoms with van der Waals surface area (Å²) in [5.41, 5.74) is 4.30. The van der Waals surface area contributed by atoms with Crippen molar-refractivity contribution in [3.8, 4) is 11.4 Å². The molecule has 0 atom stereocenters. The van der Waals surface area contributed by atoms with Crippen LogP contribution >= 0.6 is 0 Å². The second-order valence-corrected chi connectivity index (χ2v) is 5.12. The van der Waals surface area contributed by atoms with Crippen molar-refractivity contribution < 1.29 is 4.74 Å². The molecule has 0 bridgehead atoms. The summed E-state index contributed by atoms with van der Waals surface area (Å²) in [4.78, 5) is 8.03. The number of benzene rings is 2. The maximum absolute atomic E-state index is 5.72. The van der Waals surface area contributed by atoms with E-state index in [4.69, 9.17) is 4.74 Å². The van der Waals surface area contributed by atoms with Crippen molar-refractivity contribution in [1.29, 1.82) is 0 Å². The standard InChI is InChI=1S/C17H18N2O/c1-12(2)20-11-13-7-3-4-8-14(13)17-18-15-9-5-6-10-16(15)19-17/h3-10,12H,11H2,1-2H3,(H,18,19). The molecule has 0 fully saturated rings. The number of aromatic nitrogens is 2. The molecular weight excluding hydrogens is 248 g/mol. The number of ether oxygens (including phenoxy) is 1. The quantitative estimate of drug-likeness (QED) is 0.770. The first-order chi connectivity index (χ1) is 9.74. The Bertz CT molecular complexity index is 683. The van der Waals surface area contributed by atoms with Gasteiger partial charge < -0.3 is 9.72 Å². The molecule has 0 aliphatic carbocycles. The number of para-hydroxylation sites is 2. The van der Waals surface area contributed by atoms with Crippen LogP contribution in [0, 0.1) is 0 Å². The number of imidazole rings is 1. The van der Waals surface area contributed by atoms with Crippen LogP contribution in [0.3, 0.4) is 0 Å². The van der Waals surface area contributed by atoms with Crippen molar-refractivity contribution in [1.82, 2.24) is 9.97 Å². The Balaban J connectivity index is 2.00. The second-order valence-electron chi connectivity index (χ2n) is 5.12. The number of hydrogen-bond acceptors (Lipinski definition) is 2. The lowest BCUT2D eigenvalue weighted by molar-refractivity contribution is 0.0659. The van der Waals surface area contributed by atoms with Crippen LogP contribution < -0.4 is 0 Å². The van der Waals surface area contributed by atoms with Crippen LogP contribution in [0.1, 0.15) is 19.4 Å². The average Bonchev–Trinajstić information content (AvgIpc) is 2.89. The highest BCUT2D eigenvalue weighted by Crippen LogP contribution is 2.24. The average molecular weight is 266 g/mol. The lowest BCUT2D eigenvalue weighted by Crippen LogP contribution is -2.03. The SMILES string of the molecule is CC(C)OCc1ccccc1-c1nc2ccccc2[nH]1. The molecule has 2 aromatic carbocycles. The van der Waals surface area contributed by atoms with Crippen molar-refractivity contribution in [3.05, 3.63) is 54.1 Å². The van der Waals surface area contributed by atoms with Gasteiger partial charge >= 0.3 is 0 Å². The summed E-state index contributed by atoms with van der Waals surface area (Å²) in [5.74, 6) is 0.897. The molecule has 0 spiro atoms. The molecule has 3 nitrogen and oxygen atoms in total. The van der Waals surface area contributed by atoms with Gasteiger partial charge in [-0.3, -0.25) is 0 Å². The fraction of sp³-hybridized carbons (Fsp3) is 0.235. The van der Waals surface area contributed by atoms with E-state index in [0.717, 1.165) is 28.0 Å². The van der Waals surface area contributed by atoms with Gasteiger partial charge in [0.25, 0.3) is 0 Å². The van der Waals surface area contributed by atoms with Gasteiger partial charge in [-0.1, -0.05) is 36.4 Å². The maximum atomic E-state index is 5.72. The Morgan fingerprint density at radius 3 is 2.60 bits per heavy atom. The minimum absolute atomic E-state index is 0.221. The van der Waals surface area contributed by atoms with Gasteiger partial charge in [0.2, 0.25) is 0 Å². The summed E-state index contributed by atoms with van der Waals surface area (Å²) in [6, 6.07) is 16.3. The van der Waals surface area contributed by atoms with Gasteiger partial charge in [-0.25, -0.2) is 4.98 Å². The number of rotatable bonds is 4. The highest BCUT2D eigenvalue weighted by molar-refractivity contribution is 5.79. The molecule has 3 heteroatoms. The Hall–Kier alpha value is -2.13. The highest BCUT2D eigenvalue weighted by Gasteiger charge is 2.09. The van der Waals surface area contributed by atoms with E-state index in [2.05, 4.69) is 22.1 Å². The van der Waals surface area contributed by atoms with Gasteiger partial charge in [-0.2, -0.15) is 0 Å². The van der Waals surface area contributed by atoms with E-state index in [0.29, 0.717) is 6.61 Å². The summed E-state index contributed by atoms with van der Waals surface area (Å²) < 4.78 is 5.72. The van der Waals surface area contributed by atoms with Crippen molar-refractivity contribution in [2.24, 2.45) is 0 Å². The minimum Gasteiger partial charge on any atom is -0.374 e. The molecule has 0 aliphatic heterocycles. The molecule has 0 radical (unpaired) electrons. The van der Waals surface area contributed by atoms with E-state index < -0.39 is 0 Å². The first-order valence-corrected chi connectivity index (χ1v) is 6.88. The molecule has 1 heterocycles. The summed E-state index contributed by atoms with van der Waals surface area (Å²) in [6.07, 6.45) is 0.221.